The minimum absolute atomic E-state index is 0.327. The summed E-state index contributed by atoms with van der Waals surface area (Å²) >= 11 is 1.69. The van der Waals surface area contributed by atoms with Crippen LogP contribution < -0.4 is 5.32 Å². The summed E-state index contributed by atoms with van der Waals surface area (Å²) in [6, 6.07) is 0.327. The first-order chi connectivity index (χ1) is 7.36. The Kier molecular flexibility index (Phi) is 3.47. The molecular formula is C10H14N4S. The summed E-state index contributed by atoms with van der Waals surface area (Å²) in [5, 5.41) is 6.57. The molecule has 0 bridgehead atoms. The third-order valence-corrected chi connectivity index (χ3v) is 3.16. The second-order valence-electron chi connectivity index (χ2n) is 3.35. The molecular weight excluding hydrogens is 208 g/mol. The molecule has 0 aliphatic rings. The van der Waals surface area contributed by atoms with Crippen LogP contribution in [0, 0.1) is 0 Å². The van der Waals surface area contributed by atoms with E-state index in [1.165, 1.54) is 0 Å². The van der Waals surface area contributed by atoms with Crippen molar-refractivity contribution in [3.63, 3.8) is 0 Å². The summed E-state index contributed by atoms with van der Waals surface area (Å²) < 4.78 is 2.06. The zero-order chi connectivity index (χ0) is 10.5. The van der Waals surface area contributed by atoms with Gasteiger partial charge in [-0.3, -0.25) is 0 Å². The van der Waals surface area contributed by atoms with E-state index >= 15 is 0 Å². The number of rotatable bonds is 5. The topological polar surface area (TPSA) is 42.7 Å². The van der Waals surface area contributed by atoms with Gasteiger partial charge in [-0.1, -0.05) is 0 Å². The number of nitrogens with one attached hydrogen (secondary N) is 1. The van der Waals surface area contributed by atoms with E-state index in [9.17, 15) is 0 Å². The highest BCUT2D eigenvalue weighted by atomic mass is 32.1. The molecule has 0 aromatic carbocycles. The average Bonchev–Trinajstić information content (AvgIpc) is 2.90. The van der Waals surface area contributed by atoms with Gasteiger partial charge in [0.1, 0.15) is 5.01 Å². The van der Waals surface area contributed by atoms with Crippen LogP contribution >= 0.6 is 11.3 Å². The van der Waals surface area contributed by atoms with Gasteiger partial charge in [0.2, 0.25) is 0 Å². The third-order valence-electron chi connectivity index (χ3n) is 2.20. The van der Waals surface area contributed by atoms with Crippen LogP contribution in [-0.2, 0) is 6.54 Å². The Morgan fingerprint density at radius 2 is 2.47 bits per heavy atom. The zero-order valence-corrected chi connectivity index (χ0v) is 9.44. The van der Waals surface area contributed by atoms with Gasteiger partial charge in [-0.15, -0.1) is 11.3 Å². The summed E-state index contributed by atoms with van der Waals surface area (Å²) in [5.74, 6) is 0. The van der Waals surface area contributed by atoms with Crippen LogP contribution in [0.5, 0.6) is 0 Å². The normalized spacial score (nSPS) is 12.9. The van der Waals surface area contributed by atoms with Crippen LogP contribution in [0.1, 0.15) is 18.0 Å². The minimum atomic E-state index is 0.327. The summed E-state index contributed by atoms with van der Waals surface area (Å²) in [6.45, 7) is 4.00. The molecule has 0 spiro atoms. The molecule has 2 heterocycles. The maximum atomic E-state index is 4.27. The zero-order valence-electron chi connectivity index (χ0n) is 8.63. The Hall–Kier alpha value is -1.20. The lowest BCUT2D eigenvalue weighted by Crippen LogP contribution is -2.22. The monoisotopic (exact) mass is 222 g/mol. The minimum Gasteiger partial charge on any atom is -0.336 e. The Labute approximate surface area is 93.0 Å². The van der Waals surface area contributed by atoms with Crippen LogP contribution in [0.4, 0.5) is 0 Å². The molecule has 1 N–H and O–H groups in total. The van der Waals surface area contributed by atoms with Gasteiger partial charge in [0, 0.05) is 37.1 Å². The van der Waals surface area contributed by atoms with Crippen molar-refractivity contribution >= 4 is 11.3 Å². The van der Waals surface area contributed by atoms with E-state index in [4.69, 9.17) is 0 Å². The van der Waals surface area contributed by atoms with Crippen molar-refractivity contribution in [2.45, 2.75) is 19.5 Å². The van der Waals surface area contributed by atoms with Gasteiger partial charge in [-0.05, 0) is 6.92 Å². The third kappa shape index (κ3) is 2.87. The highest BCUT2D eigenvalue weighted by Gasteiger charge is 2.05. The van der Waals surface area contributed by atoms with Crippen molar-refractivity contribution in [2.75, 3.05) is 6.54 Å². The SMILES string of the molecule is CC(NCCn1ccnc1)c1nccs1. The molecule has 0 aliphatic heterocycles. The molecule has 0 amide bonds. The second-order valence-corrected chi connectivity index (χ2v) is 4.27. The molecule has 0 aliphatic carbocycles. The molecule has 80 valence electrons. The van der Waals surface area contributed by atoms with Crippen LogP contribution in [0.3, 0.4) is 0 Å². The van der Waals surface area contributed by atoms with Crippen molar-refractivity contribution < 1.29 is 0 Å². The molecule has 15 heavy (non-hydrogen) atoms. The molecule has 2 rings (SSSR count). The number of hydrogen-bond acceptors (Lipinski definition) is 4. The fourth-order valence-electron chi connectivity index (χ4n) is 1.36. The Morgan fingerprint density at radius 3 is 3.13 bits per heavy atom. The maximum absolute atomic E-state index is 4.27. The first kappa shape index (κ1) is 10.3. The lowest BCUT2D eigenvalue weighted by molar-refractivity contribution is 0.529. The van der Waals surface area contributed by atoms with Gasteiger partial charge in [-0.25, -0.2) is 9.97 Å². The molecule has 2 aromatic rings. The molecule has 1 unspecified atom stereocenters. The van der Waals surface area contributed by atoms with E-state index in [0.717, 1.165) is 18.1 Å². The largest absolute Gasteiger partial charge is 0.336 e. The number of hydrogen-bond donors (Lipinski definition) is 1. The van der Waals surface area contributed by atoms with Crippen molar-refractivity contribution in [1.82, 2.24) is 19.9 Å². The smallest absolute Gasteiger partial charge is 0.109 e. The van der Waals surface area contributed by atoms with E-state index in [1.807, 2.05) is 24.1 Å². The van der Waals surface area contributed by atoms with Crippen LogP contribution in [0.2, 0.25) is 0 Å². The first-order valence-electron chi connectivity index (χ1n) is 4.95. The number of nitrogens with zero attached hydrogens (tertiary/aromatic N) is 3. The Morgan fingerprint density at radius 1 is 1.53 bits per heavy atom. The van der Waals surface area contributed by atoms with Gasteiger partial charge in [0.05, 0.1) is 12.4 Å². The molecule has 5 heteroatoms. The number of aromatic nitrogens is 3. The standard InChI is InChI=1S/C10H14N4S/c1-9(10-13-4-7-15-10)12-3-6-14-5-2-11-8-14/h2,4-5,7-9,12H,3,6H2,1H3. The Balaban J connectivity index is 1.74. The van der Waals surface area contributed by atoms with Crippen LogP contribution in [0.25, 0.3) is 0 Å². The van der Waals surface area contributed by atoms with E-state index in [0.29, 0.717) is 6.04 Å². The first-order valence-corrected chi connectivity index (χ1v) is 5.83. The summed E-state index contributed by atoms with van der Waals surface area (Å²) in [4.78, 5) is 8.26. The molecule has 1 atom stereocenters. The molecule has 0 saturated heterocycles. The Bertz CT molecular complexity index is 368. The van der Waals surface area contributed by atoms with Gasteiger partial charge < -0.3 is 9.88 Å². The lowest BCUT2D eigenvalue weighted by atomic mass is 10.3. The van der Waals surface area contributed by atoms with E-state index in [-0.39, 0.29) is 0 Å². The van der Waals surface area contributed by atoms with Crippen molar-refractivity contribution in [1.29, 1.82) is 0 Å². The van der Waals surface area contributed by atoms with Crippen molar-refractivity contribution in [2.24, 2.45) is 0 Å². The molecule has 4 nitrogen and oxygen atoms in total. The fraction of sp³-hybridized carbons (Fsp3) is 0.400. The molecule has 0 fully saturated rings. The molecule has 0 radical (unpaired) electrons. The lowest BCUT2D eigenvalue weighted by Gasteiger charge is -2.10. The maximum Gasteiger partial charge on any atom is 0.109 e. The van der Waals surface area contributed by atoms with Crippen molar-refractivity contribution in [3.05, 3.63) is 35.3 Å². The summed E-state index contributed by atoms with van der Waals surface area (Å²) in [5.41, 5.74) is 0. The van der Waals surface area contributed by atoms with Gasteiger partial charge in [0.15, 0.2) is 0 Å². The summed E-state index contributed by atoms with van der Waals surface area (Å²) in [6.07, 6.45) is 7.43. The summed E-state index contributed by atoms with van der Waals surface area (Å²) in [7, 11) is 0. The van der Waals surface area contributed by atoms with Gasteiger partial charge in [0.25, 0.3) is 0 Å². The van der Waals surface area contributed by atoms with Crippen LogP contribution in [0.15, 0.2) is 30.3 Å². The average molecular weight is 222 g/mol. The van der Waals surface area contributed by atoms with E-state index in [2.05, 4.69) is 26.8 Å². The highest BCUT2D eigenvalue weighted by molar-refractivity contribution is 7.09. The predicted octanol–water partition coefficient (Wildman–Crippen LogP) is 1.69. The predicted molar refractivity (Wildman–Crippen MR) is 60.8 cm³/mol. The highest BCUT2D eigenvalue weighted by Crippen LogP contribution is 2.13. The quantitative estimate of drug-likeness (QED) is 0.837. The van der Waals surface area contributed by atoms with Gasteiger partial charge >= 0.3 is 0 Å². The van der Waals surface area contributed by atoms with E-state index < -0.39 is 0 Å². The number of thiazole rings is 1. The molecule has 2 aromatic heterocycles. The fourth-order valence-corrected chi connectivity index (χ4v) is 2.04. The number of imidazole rings is 1. The molecule has 0 saturated carbocycles. The van der Waals surface area contributed by atoms with Crippen LogP contribution in [-0.4, -0.2) is 21.1 Å². The van der Waals surface area contributed by atoms with Gasteiger partial charge in [-0.2, -0.15) is 0 Å². The second kappa shape index (κ2) is 5.04. The van der Waals surface area contributed by atoms with E-state index in [1.54, 1.807) is 17.5 Å². The van der Waals surface area contributed by atoms with Crippen molar-refractivity contribution in [3.8, 4) is 0 Å².